The van der Waals surface area contributed by atoms with E-state index in [0.717, 1.165) is 37.7 Å². The summed E-state index contributed by atoms with van der Waals surface area (Å²) in [7, 11) is 0. The monoisotopic (exact) mass is 277 g/mol. The van der Waals surface area contributed by atoms with E-state index in [0.29, 0.717) is 0 Å². The number of hydrogen-bond donors (Lipinski definition) is 0. The quantitative estimate of drug-likeness (QED) is 0.851. The Labute approximate surface area is 120 Å². The summed E-state index contributed by atoms with van der Waals surface area (Å²) in [6.45, 7) is 8.80. The lowest BCUT2D eigenvalue weighted by Gasteiger charge is -2.38. The van der Waals surface area contributed by atoms with Crippen LogP contribution in [-0.4, -0.2) is 37.6 Å². The van der Waals surface area contributed by atoms with Gasteiger partial charge in [0.2, 0.25) is 0 Å². The molecule has 0 saturated carbocycles. The summed E-state index contributed by atoms with van der Waals surface area (Å²) in [4.78, 5) is 4.71. The molecule has 1 aromatic rings. The Morgan fingerprint density at radius 1 is 1.26 bits per heavy atom. The number of rotatable bonds is 3. The van der Waals surface area contributed by atoms with Crippen LogP contribution in [0.15, 0.2) is 24.3 Å². The summed E-state index contributed by atoms with van der Waals surface area (Å²) in [6, 6.07) is 10.4. The molecule has 1 aromatic carbocycles. The van der Waals surface area contributed by atoms with E-state index in [9.17, 15) is 0 Å². The number of benzene rings is 1. The van der Waals surface area contributed by atoms with Crippen LogP contribution < -0.4 is 4.90 Å². The lowest BCUT2D eigenvalue weighted by molar-refractivity contribution is 0.203. The highest BCUT2D eigenvalue weighted by atomic mass is 35.5. The van der Waals surface area contributed by atoms with Crippen LogP contribution in [0, 0.1) is 16.7 Å². The van der Waals surface area contributed by atoms with E-state index < -0.39 is 0 Å². The number of anilines is 1. The number of nitrogens with zero attached hydrogens (tertiary/aromatic N) is 3. The van der Waals surface area contributed by atoms with Gasteiger partial charge in [0.25, 0.3) is 0 Å². The van der Waals surface area contributed by atoms with Crippen LogP contribution in [0.5, 0.6) is 0 Å². The van der Waals surface area contributed by atoms with Crippen molar-refractivity contribution in [3.8, 4) is 6.07 Å². The first-order valence-electron chi connectivity index (χ1n) is 6.64. The molecule has 102 valence electrons. The Bertz CT molecular complexity index is 471. The summed E-state index contributed by atoms with van der Waals surface area (Å²) >= 11 is 6.03. The molecule has 1 fully saturated rings. The Morgan fingerprint density at radius 2 is 1.95 bits per heavy atom. The Hall–Kier alpha value is -1.24. The van der Waals surface area contributed by atoms with Gasteiger partial charge in [0.1, 0.15) is 0 Å². The molecule has 0 N–H and O–H groups in total. The third-order valence-electron chi connectivity index (χ3n) is 3.47. The molecule has 0 unspecified atom stereocenters. The molecule has 1 saturated heterocycles. The van der Waals surface area contributed by atoms with Gasteiger partial charge in [-0.3, -0.25) is 4.90 Å². The molecule has 0 radical (unpaired) electrons. The van der Waals surface area contributed by atoms with Gasteiger partial charge in [0.15, 0.2) is 0 Å². The zero-order valence-corrected chi connectivity index (χ0v) is 12.3. The molecular weight excluding hydrogens is 258 g/mol. The summed E-state index contributed by atoms with van der Waals surface area (Å²) in [6.07, 6.45) is 0. The summed E-state index contributed by atoms with van der Waals surface area (Å²) < 4.78 is 0. The Kier molecular flexibility index (Phi) is 4.34. The minimum Gasteiger partial charge on any atom is -0.369 e. The average molecular weight is 278 g/mol. The van der Waals surface area contributed by atoms with Gasteiger partial charge < -0.3 is 4.90 Å². The molecular formula is C15H20ClN3. The third kappa shape index (κ3) is 3.86. The molecule has 2 rings (SSSR count). The van der Waals surface area contributed by atoms with Crippen LogP contribution in [-0.2, 0) is 0 Å². The number of piperazine rings is 1. The van der Waals surface area contributed by atoms with Gasteiger partial charge in [-0.25, -0.2) is 0 Å². The number of halogens is 1. The number of nitriles is 1. The molecule has 3 nitrogen and oxygen atoms in total. The maximum absolute atomic E-state index is 9.08. The first-order valence-corrected chi connectivity index (χ1v) is 7.02. The van der Waals surface area contributed by atoms with E-state index in [2.05, 4.69) is 21.9 Å². The van der Waals surface area contributed by atoms with Gasteiger partial charge in [0, 0.05) is 43.4 Å². The fourth-order valence-electron chi connectivity index (χ4n) is 2.43. The van der Waals surface area contributed by atoms with E-state index in [1.807, 2.05) is 32.0 Å². The maximum Gasteiger partial charge on any atom is 0.0697 e. The summed E-state index contributed by atoms with van der Waals surface area (Å²) in [5, 5.41) is 9.87. The minimum atomic E-state index is -0.266. The molecule has 0 spiro atoms. The predicted octanol–water partition coefficient (Wildman–Crippen LogP) is 3.01. The molecule has 1 heterocycles. The second kappa shape index (κ2) is 5.81. The predicted molar refractivity (Wildman–Crippen MR) is 79.5 cm³/mol. The van der Waals surface area contributed by atoms with Crippen molar-refractivity contribution in [1.29, 1.82) is 5.26 Å². The SMILES string of the molecule is CC(C)(C#N)CN1CCN(c2cccc(Cl)c2)CC1. The highest BCUT2D eigenvalue weighted by molar-refractivity contribution is 6.30. The van der Waals surface area contributed by atoms with Crippen molar-refractivity contribution in [3.63, 3.8) is 0 Å². The average Bonchev–Trinajstić information content (AvgIpc) is 2.39. The molecule has 1 aliphatic rings. The van der Waals surface area contributed by atoms with Gasteiger partial charge in [0.05, 0.1) is 11.5 Å². The highest BCUT2D eigenvalue weighted by Crippen LogP contribution is 2.22. The first kappa shape index (κ1) is 14.2. The van der Waals surface area contributed by atoms with Crippen LogP contribution >= 0.6 is 11.6 Å². The smallest absolute Gasteiger partial charge is 0.0697 e. The molecule has 0 atom stereocenters. The van der Waals surface area contributed by atoms with Gasteiger partial charge in [-0.05, 0) is 32.0 Å². The Balaban J connectivity index is 1.91. The largest absolute Gasteiger partial charge is 0.369 e. The summed E-state index contributed by atoms with van der Waals surface area (Å²) in [5.41, 5.74) is 0.921. The van der Waals surface area contributed by atoms with Gasteiger partial charge in [-0.1, -0.05) is 17.7 Å². The number of hydrogen-bond acceptors (Lipinski definition) is 3. The fraction of sp³-hybridized carbons (Fsp3) is 0.533. The van der Waals surface area contributed by atoms with Crippen molar-refractivity contribution < 1.29 is 0 Å². The minimum absolute atomic E-state index is 0.266. The molecule has 19 heavy (non-hydrogen) atoms. The van der Waals surface area contributed by atoms with Crippen LogP contribution in [0.1, 0.15) is 13.8 Å². The van der Waals surface area contributed by atoms with E-state index in [-0.39, 0.29) is 5.41 Å². The topological polar surface area (TPSA) is 30.3 Å². The molecule has 0 bridgehead atoms. The molecule has 4 heteroatoms. The fourth-order valence-corrected chi connectivity index (χ4v) is 2.62. The standard InChI is InChI=1S/C15H20ClN3/c1-15(2,11-17)12-18-6-8-19(9-7-18)14-5-3-4-13(16)10-14/h3-5,10H,6-9,12H2,1-2H3. The van der Waals surface area contributed by atoms with E-state index in [4.69, 9.17) is 16.9 Å². The third-order valence-corrected chi connectivity index (χ3v) is 3.70. The van der Waals surface area contributed by atoms with E-state index >= 15 is 0 Å². The summed E-state index contributed by atoms with van der Waals surface area (Å²) in [5.74, 6) is 0. The van der Waals surface area contributed by atoms with Gasteiger partial charge in [-0.15, -0.1) is 0 Å². The van der Waals surface area contributed by atoms with Crippen molar-refractivity contribution in [2.45, 2.75) is 13.8 Å². The lowest BCUT2D eigenvalue weighted by Crippen LogP contribution is -2.48. The zero-order valence-electron chi connectivity index (χ0n) is 11.6. The molecule has 0 aliphatic carbocycles. The van der Waals surface area contributed by atoms with Crippen LogP contribution in [0.25, 0.3) is 0 Å². The molecule has 0 aromatic heterocycles. The van der Waals surface area contributed by atoms with Gasteiger partial charge in [-0.2, -0.15) is 5.26 Å². The second-order valence-corrected chi connectivity index (χ2v) is 6.18. The first-order chi connectivity index (χ1) is 9.00. The zero-order chi connectivity index (χ0) is 13.9. The highest BCUT2D eigenvalue weighted by Gasteiger charge is 2.24. The lowest BCUT2D eigenvalue weighted by atomic mass is 9.95. The van der Waals surface area contributed by atoms with Crippen molar-refractivity contribution >= 4 is 17.3 Å². The van der Waals surface area contributed by atoms with Crippen LogP contribution in [0.3, 0.4) is 0 Å². The normalized spacial score (nSPS) is 17.3. The second-order valence-electron chi connectivity index (χ2n) is 5.74. The molecule has 0 amide bonds. The van der Waals surface area contributed by atoms with Crippen molar-refractivity contribution in [2.24, 2.45) is 5.41 Å². The van der Waals surface area contributed by atoms with E-state index in [1.165, 1.54) is 5.69 Å². The van der Waals surface area contributed by atoms with Crippen molar-refractivity contribution in [2.75, 3.05) is 37.6 Å². The van der Waals surface area contributed by atoms with Crippen LogP contribution in [0.2, 0.25) is 5.02 Å². The Morgan fingerprint density at radius 3 is 2.53 bits per heavy atom. The van der Waals surface area contributed by atoms with Gasteiger partial charge >= 0.3 is 0 Å². The van der Waals surface area contributed by atoms with Crippen molar-refractivity contribution in [1.82, 2.24) is 4.90 Å². The van der Waals surface area contributed by atoms with E-state index in [1.54, 1.807) is 0 Å². The van der Waals surface area contributed by atoms with Crippen LogP contribution in [0.4, 0.5) is 5.69 Å². The molecule has 1 aliphatic heterocycles. The van der Waals surface area contributed by atoms with Crippen molar-refractivity contribution in [3.05, 3.63) is 29.3 Å². The maximum atomic E-state index is 9.08.